The number of benzene rings is 1. The summed E-state index contributed by atoms with van der Waals surface area (Å²) in [5.41, 5.74) is 8.34. The lowest BCUT2D eigenvalue weighted by atomic mass is 10.2. The van der Waals surface area contributed by atoms with Crippen LogP contribution in [0, 0.1) is 6.92 Å². The molecule has 12 heavy (non-hydrogen) atoms. The normalized spacial score (nSPS) is 10.8. The number of aromatic amines is 1. The van der Waals surface area contributed by atoms with Crippen molar-refractivity contribution in [2.45, 2.75) is 6.92 Å². The maximum absolute atomic E-state index is 5.76. The first kappa shape index (κ1) is 7.61. The number of aromatic nitrogens is 2. The highest BCUT2D eigenvalue weighted by atomic mass is 79.9. The molecule has 0 radical (unpaired) electrons. The minimum absolute atomic E-state index is 0.698. The fraction of sp³-hybridized carbons (Fsp3) is 0.125. The standard InChI is InChI=1S/C8H8BrN3/c1-4-6-2-5(9)3-7(10)8(6)12-11-4/h2-3H,10H2,1H3,(H,11,12). The third kappa shape index (κ3) is 0.992. The van der Waals surface area contributed by atoms with Crippen molar-refractivity contribution in [3.05, 3.63) is 22.3 Å². The molecule has 1 heterocycles. The van der Waals surface area contributed by atoms with Crippen molar-refractivity contribution in [1.29, 1.82) is 0 Å². The van der Waals surface area contributed by atoms with E-state index in [1.807, 2.05) is 19.1 Å². The Balaban J connectivity index is 2.92. The van der Waals surface area contributed by atoms with Gasteiger partial charge in [0, 0.05) is 15.6 Å². The Bertz CT molecular complexity index is 433. The molecule has 0 atom stereocenters. The van der Waals surface area contributed by atoms with Crippen LogP contribution in [0.5, 0.6) is 0 Å². The molecule has 3 nitrogen and oxygen atoms in total. The zero-order valence-electron chi connectivity index (χ0n) is 6.56. The van der Waals surface area contributed by atoms with Crippen molar-refractivity contribution < 1.29 is 0 Å². The number of hydrogen-bond donors (Lipinski definition) is 2. The van der Waals surface area contributed by atoms with Crippen LogP contribution in [-0.4, -0.2) is 10.2 Å². The van der Waals surface area contributed by atoms with Crippen LogP contribution >= 0.6 is 15.9 Å². The van der Waals surface area contributed by atoms with Gasteiger partial charge in [-0.05, 0) is 19.1 Å². The van der Waals surface area contributed by atoms with E-state index in [0.29, 0.717) is 5.69 Å². The van der Waals surface area contributed by atoms with Crippen LogP contribution in [0.25, 0.3) is 10.9 Å². The van der Waals surface area contributed by atoms with E-state index in [9.17, 15) is 0 Å². The van der Waals surface area contributed by atoms with Crippen LogP contribution in [0.2, 0.25) is 0 Å². The van der Waals surface area contributed by atoms with Gasteiger partial charge in [-0.25, -0.2) is 0 Å². The van der Waals surface area contributed by atoms with E-state index in [-0.39, 0.29) is 0 Å². The molecule has 4 heteroatoms. The average Bonchev–Trinajstić information content (AvgIpc) is 2.33. The predicted octanol–water partition coefficient (Wildman–Crippen LogP) is 2.22. The molecule has 0 aliphatic carbocycles. The molecular formula is C8H8BrN3. The molecule has 62 valence electrons. The third-order valence-corrected chi connectivity index (χ3v) is 2.30. The van der Waals surface area contributed by atoms with Gasteiger partial charge in [0.05, 0.1) is 5.69 Å². The second kappa shape index (κ2) is 2.48. The topological polar surface area (TPSA) is 54.7 Å². The third-order valence-electron chi connectivity index (χ3n) is 1.84. The first-order valence-electron chi connectivity index (χ1n) is 3.58. The number of nitrogen functional groups attached to an aromatic ring is 1. The lowest BCUT2D eigenvalue weighted by Gasteiger charge is -1.96. The second-order valence-electron chi connectivity index (χ2n) is 2.74. The number of anilines is 1. The Morgan fingerprint density at radius 1 is 1.50 bits per heavy atom. The molecule has 0 saturated heterocycles. The number of nitrogens with two attached hydrogens (primary N) is 1. The highest BCUT2D eigenvalue weighted by Gasteiger charge is 2.05. The largest absolute Gasteiger partial charge is 0.397 e. The minimum Gasteiger partial charge on any atom is -0.397 e. The van der Waals surface area contributed by atoms with Crippen molar-refractivity contribution in [3.8, 4) is 0 Å². The summed E-state index contributed by atoms with van der Waals surface area (Å²) in [4.78, 5) is 0. The van der Waals surface area contributed by atoms with Crippen molar-refractivity contribution in [2.24, 2.45) is 0 Å². The Hall–Kier alpha value is -1.03. The summed E-state index contributed by atoms with van der Waals surface area (Å²) in [6.45, 7) is 1.97. The molecule has 2 aromatic rings. The Kier molecular flexibility index (Phi) is 1.58. The van der Waals surface area contributed by atoms with Crippen LogP contribution in [0.4, 0.5) is 5.69 Å². The Morgan fingerprint density at radius 3 is 3.00 bits per heavy atom. The molecule has 0 unspecified atom stereocenters. The van der Waals surface area contributed by atoms with Crippen molar-refractivity contribution >= 4 is 32.5 Å². The smallest absolute Gasteiger partial charge is 0.115 e. The molecule has 1 aromatic heterocycles. The van der Waals surface area contributed by atoms with Gasteiger partial charge in [0.25, 0.3) is 0 Å². The summed E-state index contributed by atoms with van der Waals surface area (Å²) >= 11 is 3.38. The van der Waals surface area contributed by atoms with E-state index >= 15 is 0 Å². The zero-order valence-corrected chi connectivity index (χ0v) is 8.14. The Labute approximate surface area is 78.1 Å². The Morgan fingerprint density at radius 2 is 2.25 bits per heavy atom. The molecule has 0 spiro atoms. The number of nitrogens with zero attached hydrogens (tertiary/aromatic N) is 1. The van der Waals surface area contributed by atoms with Crippen LogP contribution in [0.3, 0.4) is 0 Å². The zero-order chi connectivity index (χ0) is 8.72. The van der Waals surface area contributed by atoms with Gasteiger partial charge >= 0.3 is 0 Å². The van der Waals surface area contributed by atoms with Gasteiger partial charge in [-0.15, -0.1) is 0 Å². The average molecular weight is 226 g/mol. The van der Waals surface area contributed by atoms with Crippen LogP contribution in [0.15, 0.2) is 16.6 Å². The maximum Gasteiger partial charge on any atom is 0.115 e. The fourth-order valence-electron chi connectivity index (χ4n) is 1.23. The van der Waals surface area contributed by atoms with Gasteiger partial charge < -0.3 is 5.73 Å². The van der Waals surface area contributed by atoms with E-state index < -0.39 is 0 Å². The summed E-state index contributed by atoms with van der Waals surface area (Å²) in [6, 6.07) is 3.85. The van der Waals surface area contributed by atoms with Crippen molar-refractivity contribution in [3.63, 3.8) is 0 Å². The van der Waals surface area contributed by atoms with E-state index in [2.05, 4.69) is 26.1 Å². The summed E-state index contributed by atoms with van der Waals surface area (Å²) < 4.78 is 0.983. The number of rotatable bonds is 0. The van der Waals surface area contributed by atoms with Crippen LogP contribution in [0.1, 0.15) is 5.69 Å². The van der Waals surface area contributed by atoms with Crippen LogP contribution in [-0.2, 0) is 0 Å². The number of aryl methyl sites for hydroxylation is 1. The van der Waals surface area contributed by atoms with Gasteiger partial charge in [0.1, 0.15) is 5.52 Å². The molecule has 3 N–H and O–H groups in total. The van der Waals surface area contributed by atoms with E-state index in [1.165, 1.54) is 0 Å². The summed E-state index contributed by atoms with van der Waals surface area (Å²) in [7, 11) is 0. The molecule has 0 fully saturated rings. The first-order chi connectivity index (χ1) is 5.68. The van der Waals surface area contributed by atoms with E-state index in [0.717, 1.165) is 21.1 Å². The molecule has 0 aliphatic rings. The lowest BCUT2D eigenvalue weighted by Crippen LogP contribution is -1.86. The second-order valence-corrected chi connectivity index (χ2v) is 3.66. The highest BCUT2D eigenvalue weighted by molar-refractivity contribution is 9.10. The summed E-state index contributed by atoms with van der Waals surface area (Å²) in [6.07, 6.45) is 0. The van der Waals surface area contributed by atoms with Crippen LogP contribution < -0.4 is 5.73 Å². The summed E-state index contributed by atoms with van der Waals surface area (Å²) in [5.74, 6) is 0. The number of nitrogens with one attached hydrogen (secondary N) is 1. The number of halogens is 1. The predicted molar refractivity (Wildman–Crippen MR) is 52.9 cm³/mol. The van der Waals surface area contributed by atoms with Gasteiger partial charge in [-0.1, -0.05) is 15.9 Å². The number of H-pyrrole nitrogens is 1. The minimum atomic E-state index is 0.698. The molecule has 1 aromatic carbocycles. The lowest BCUT2D eigenvalue weighted by molar-refractivity contribution is 1.07. The molecule has 0 bridgehead atoms. The monoisotopic (exact) mass is 225 g/mol. The quantitative estimate of drug-likeness (QED) is 0.676. The number of hydrogen-bond acceptors (Lipinski definition) is 2. The molecule has 0 saturated carbocycles. The SMILES string of the molecule is Cc1[nH]nc2c(N)cc(Br)cc12. The molecule has 2 rings (SSSR count). The van der Waals surface area contributed by atoms with Crippen molar-refractivity contribution in [2.75, 3.05) is 5.73 Å². The highest BCUT2D eigenvalue weighted by Crippen LogP contribution is 2.25. The molecular weight excluding hydrogens is 218 g/mol. The van der Waals surface area contributed by atoms with E-state index in [4.69, 9.17) is 5.73 Å². The van der Waals surface area contributed by atoms with Gasteiger partial charge in [-0.3, -0.25) is 5.10 Å². The maximum atomic E-state index is 5.76. The molecule has 0 aliphatic heterocycles. The fourth-order valence-corrected chi connectivity index (χ4v) is 1.71. The van der Waals surface area contributed by atoms with Gasteiger partial charge in [-0.2, -0.15) is 5.10 Å². The summed E-state index contributed by atoms with van der Waals surface area (Å²) in [5, 5.41) is 8.05. The number of fused-ring (bicyclic) bond motifs is 1. The van der Waals surface area contributed by atoms with E-state index in [1.54, 1.807) is 0 Å². The molecule has 0 amide bonds. The van der Waals surface area contributed by atoms with Gasteiger partial charge in [0.15, 0.2) is 0 Å². The van der Waals surface area contributed by atoms with Gasteiger partial charge in [0.2, 0.25) is 0 Å². The van der Waals surface area contributed by atoms with Crippen molar-refractivity contribution in [1.82, 2.24) is 10.2 Å². The first-order valence-corrected chi connectivity index (χ1v) is 4.37.